The highest BCUT2D eigenvalue weighted by atomic mass is 16.4. The highest BCUT2D eigenvalue weighted by Gasteiger charge is 2.26. The molecule has 3 nitrogen and oxygen atoms in total. The van der Waals surface area contributed by atoms with Gasteiger partial charge in [-0.3, -0.25) is 0 Å². The molecule has 1 aliphatic carbocycles. The molecule has 1 aromatic carbocycles. The Hall–Kier alpha value is -2.86. The molecule has 0 amide bonds. The fourth-order valence-electron chi connectivity index (χ4n) is 2.38. The van der Waals surface area contributed by atoms with Crippen LogP contribution in [0.4, 0.5) is 0 Å². The van der Waals surface area contributed by atoms with Gasteiger partial charge in [-0.1, -0.05) is 54.6 Å². The van der Waals surface area contributed by atoms with Crippen molar-refractivity contribution in [1.82, 2.24) is 0 Å². The molecule has 0 fully saturated rings. The zero-order chi connectivity index (χ0) is 15.2. The first-order valence-electron chi connectivity index (χ1n) is 6.64. The number of carboxylic acids is 1. The van der Waals surface area contributed by atoms with Crippen LogP contribution in [-0.2, 0) is 11.2 Å². The Kier molecular flexibility index (Phi) is 4.53. The van der Waals surface area contributed by atoms with Crippen LogP contribution in [0.5, 0.6) is 0 Å². The van der Waals surface area contributed by atoms with Gasteiger partial charge in [0.25, 0.3) is 0 Å². The first-order chi connectivity index (χ1) is 10.2. The molecule has 0 radical (unpaired) electrons. The molecule has 0 saturated carbocycles. The van der Waals surface area contributed by atoms with E-state index in [1.54, 1.807) is 0 Å². The van der Waals surface area contributed by atoms with Crippen molar-refractivity contribution in [3.05, 3.63) is 76.9 Å². The lowest BCUT2D eigenvalue weighted by Crippen LogP contribution is -2.02. The minimum atomic E-state index is -1.19. The summed E-state index contributed by atoms with van der Waals surface area (Å²) in [5.41, 5.74) is 3.07. The van der Waals surface area contributed by atoms with Gasteiger partial charge in [0.05, 0.1) is 0 Å². The van der Waals surface area contributed by atoms with Gasteiger partial charge in [-0.25, -0.2) is 4.79 Å². The Morgan fingerprint density at radius 2 is 2.05 bits per heavy atom. The highest BCUT2D eigenvalue weighted by molar-refractivity contribution is 6.06. The van der Waals surface area contributed by atoms with Gasteiger partial charge in [0.1, 0.15) is 11.6 Å². The van der Waals surface area contributed by atoms with Crippen LogP contribution in [0.1, 0.15) is 18.1 Å². The summed E-state index contributed by atoms with van der Waals surface area (Å²) in [5.74, 6) is -1.19. The molecular weight excluding hydrogens is 262 g/mol. The minimum absolute atomic E-state index is 0.203. The third-order valence-corrected chi connectivity index (χ3v) is 3.28. The summed E-state index contributed by atoms with van der Waals surface area (Å²) in [6, 6.07) is 9.41. The molecule has 0 spiro atoms. The number of allylic oxidation sites excluding steroid dienone is 7. The number of carbonyl (C=O) groups is 1. The zero-order valence-electron chi connectivity index (χ0n) is 11.7. The highest BCUT2D eigenvalue weighted by Crippen LogP contribution is 2.38. The largest absolute Gasteiger partial charge is 0.477 e. The summed E-state index contributed by atoms with van der Waals surface area (Å²) >= 11 is 0. The number of nitrogens with zero attached hydrogens (tertiary/aromatic N) is 1. The lowest BCUT2D eigenvalue weighted by molar-refractivity contribution is -0.132. The van der Waals surface area contributed by atoms with E-state index < -0.39 is 5.97 Å². The average Bonchev–Trinajstić information content (AvgIpc) is 2.83. The second-order valence-electron chi connectivity index (χ2n) is 4.60. The van der Waals surface area contributed by atoms with Crippen molar-refractivity contribution in [3.8, 4) is 6.07 Å². The van der Waals surface area contributed by atoms with E-state index in [2.05, 4.69) is 0 Å². The first-order valence-corrected chi connectivity index (χ1v) is 6.64. The van der Waals surface area contributed by atoms with E-state index >= 15 is 0 Å². The Balaban J connectivity index is 2.59. The molecule has 3 heteroatoms. The van der Waals surface area contributed by atoms with E-state index in [9.17, 15) is 9.90 Å². The molecule has 1 aliphatic rings. The summed E-state index contributed by atoms with van der Waals surface area (Å²) in [6.45, 7) is 1.92. The van der Waals surface area contributed by atoms with Gasteiger partial charge in [-0.15, -0.1) is 0 Å². The maximum Gasteiger partial charge on any atom is 0.347 e. The predicted octanol–water partition coefficient (Wildman–Crippen LogP) is 3.66. The number of rotatable bonds is 3. The van der Waals surface area contributed by atoms with Gasteiger partial charge in [-0.2, -0.15) is 5.26 Å². The maximum atomic E-state index is 11.3. The quantitative estimate of drug-likeness (QED) is 0.521. The van der Waals surface area contributed by atoms with Crippen molar-refractivity contribution >= 4 is 11.5 Å². The molecule has 0 aliphatic heterocycles. The summed E-state index contributed by atoms with van der Waals surface area (Å²) in [5, 5.41) is 18.4. The fraction of sp³-hybridized carbons (Fsp3) is 0.111. The standard InChI is InChI=1S/C18H15NO2/c1-2-3-4-5-9-14-11-13-8-6-7-10-15(13)17(14)16(12-19)18(20)21/h2-10H,11H2,1H3,(H,20,21)/b3-2?,5-4-,14-9+,17-16-. The molecule has 0 saturated heterocycles. The summed E-state index contributed by atoms with van der Waals surface area (Å²) < 4.78 is 0. The van der Waals surface area contributed by atoms with Crippen LogP contribution in [0.25, 0.3) is 5.57 Å². The summed E-state index contributed by atoms with van der Waals surface area (Å²) in [4.78, 5) is 11.3. The number of carboxylic acid groups (broad SMARTS) is 1. The number of fused-ring (bicyclic) bond motifs is 1. The zero-order valence-corrected chi connectivity index (χ0v) is 11.7. The molecule has 2 rings (SSSR count). The molecule has 0 bridgehead atoms. The predicted molar refractivity (Wildman–Crippen MR) is 82.4 cm³/mol. The Bertz CT molecular complexity index is 728. The van der Waals surface area contributed by atoms with Gasteiger partial charge in [-0.05, 0) is 30.0 Å². The van der Waals surface area contributed by atoms with E-state index in [-0.39, 0.29) is 5.57 Å². The van der Waals surface area contributed by atoms with Crippen LogP contribution in [-0.4, -0.2) is 11.1 Å². The van der Waals surface area contributed by atoms with E-state index in [4.69, 9.17) is 5.26 Å². The van der Waals surface area contributed by atoms with Gasteiger partial charge in [0.2, 0.25) is 0 Å². The Labute approximate surface area is 123 Å². The van der Waals surface area contributed by atoms with Gasteiger partial charge in [0.15, 0.2) is 0 Å². The maximum absolute atomic E-state index is 11.3. The van der Waals surface area contributed by atoms with Crippen LogP contribution in [0.2, 0.25) is 0 Å². The fourth-order valence-corrected chi connectivity index (χ4v) is 2.38. The summed E-state index contributed by atoms with van der Waals surface area (Å²) in [6.07, 6.45) is 10.1. The normalized spacial score (nSPS) is 18.2. The van der Waals surface area contributed by atoms with E-state index in [0.29, 0.717) is 12.0 Å². The monoisotopic (exact) mass is 277 g/mol. The first kappa shape index (κ1) is 14.5. The van der Waals surface area contributed by atoms with Crippen molar-refractivity contribution in [2.75, 3.05) is 0 Å². The van der Waals surface area contributed by atoms with E-state index in [1.165, 1.54) is 0 Å². The number of nitriles is 1. The molecule has 1 aromatic rings. The number of aliphatic carboxylic acids is 1. The topological polar surface area (TPSA) is 61.1 Å². The molecule has 1 N–H and O–H groups in total. The van der Waals surface area contributed by atoms with E-state index in [0.717, 1.165) is 16.7 Å². The SMILES string of the molecule is CC=C\C=C/C=C1\Cc2ccccc2\C1=C(\C#N)C(=O)O. The Morgan fingerprint density at radius 1 is 1.29 bits per heavy atom. The third-order valence-electron chi connectivity index (χ3n) is 3.28. The molecule has 21 heavy (non-hydrogen) atoms. The second kappa shape index (κ2) is 6.53. The molecule has 104 valence electrons. The molecule has 0 aromatic heterocycles. The van der Waals surface area contributed by atoms with Crippen LogP contribution in [0.3, 0.4) is 0 Å². The summed E-state index contributed by atoms with van der Waals surface area (Å²) in [7, 11) is 0. The van der Waals surface area contributed by atoms with Gasteiger partial charge < -0.3 is 5.11 Å². The van der Waals surface area contributed by atoms with Crippen LogP contribution in [0.15, 0.2) is 65.8 Å². The molecule has 0 heterocycles. The lowest BCUT2D eigenvalue weighted by Gasteiger charge is -2.03. The van der Waals surface area contributed by atoms with Crippen molar-refractivity contribution in [2.45, 2.75) is 13.3 Å². The van der Waals surface area contributed by atoms with Crippen LogP contribution >= 0.6 is 0 Å². The van der Waals surface area contributed by atoms with Crippen molar-refractivity contribution < 1.29 is 9.90 Å². The molecule has 0 atom stereocenters. The number of hydrogen-bond acceptors (Lipinski definition) is 2. The third kappa shape index (κ3) is 3.01. The second-order valence-corrected chi connectivity index (χ2v) is 4.60. The number of benzene rings is 1. The smallest absolute Gasteiger partial charge is 0.347 e. The molecular formula is C18H15NO2. The van der Waals surface area contributed by atoms with Crippen LogP contribution < -0.4 is 0 Å². The minimum Gasteiger partial charge on any atom is -0.477 e. The average molecular weight is 277 g/mol. The van der Waals surface area contributed by atoms with Crippen molar-refractivity contribution in [3.63, 3.8) is 0 Å². The van der Waals surface area contributed by atoms with Crippen LogP contribution in [0, 0.1) is 11.3 Å². The lowest BCUT2D eigenvalue weighted by atomic mass is 9.99. The Morgan fingerprint density at radius 3 is 2.71 bits per heavy atom. The van der Waals surface area contributed by atoms with E-state index in [1.807, 2.05) is 67.6 Å². The number of hydrogen-bond donors (Lipinski definition) is 1. The van der Waals surface area contributed by atoms with Crippen molar-refractivity contribution in [2.24, 2.45) is 0 Å². The molecule has 0 unspecified atom stereocenters. The van der Waals surface area contributed by atoms with Gasteiger partial charge in [0, 0.05) is 5.57 Å². The van der Waals surface area contributed by atoms with Crippen molar-refractivity contribution in [1.29, 1.82) is 5.26 Å². The van der Waals surface area contributed by atoms with Gasteiger partial charge >= 0.3 is 5.97 Å².